The van der Waals surface area contributed by atoms with Gasteiger partial charge in [-0.1, -0.05) is 4.98 Å². The van der Waals surface area contributed by atoms with E-state index in [4.69, 9.17) is 24.2 Å². The predicted molar refractivity (Wildman–Crippen MR) is 175 cm³/mol. The zero-order chi connectivity index (χ0) is 32.2. The van der Waals surface area contributed by atoms with Crippen molar-refractivity contribution in [2.75, 3.05) is 50.6 Å². The van der Waals surface area contributed by atoms with E-state index in [0.29, 0.717) is 35.5 Å². The number of morpholine rings is 1. The summed E-state index contributed by atoms with van der Waals surface area (Å²) in [5, 5.41) is 16.0. The van der Waals surface area contributed by atoms with Crippen LogP contribution >= 0.6 is 0 Å². The average molecular weight is 631 g/mol. The molecule has 1 saturated carbocycles. The Kier molecular flexibility index (Phi) is 9.45. The molecule has 0 spiro atoms. The molecule has 14 nitrogen and oxygen atoms in total. The minimum atomic E-state index is -0.397. The van der Waals surface area contributed by atoms with Gasteiger partial charge in [0.1, 0.15) is 23.9 Å². The Balaban J connectivity index is 1.18. The monoisotopic (exact) mass is 630 g/mol. The van der Waals surface area contributed by atoms with Crippen molar-refractivity contribution in [2.45, 2.75) is 57.4 Å². The van der Waals surface area contributed by atoms with Crippen LogP contribution in [0.3, 0.4) is 0 Å². The van der Waals surface area contributed by atoms with Crippen LogP contribution in [0.5, 0.6) is 11.6 Å². The molecule has 5 heterocycles. The van der Waals surface area contributed by atoms with Gasteiger partial charge >= 0.3 is 5.95 Å². The summed E-state index contributed by atoms with van der Waals surface area (Å²) in [6.45, 7) is 8.92. The lowest BCUT2D eigenvalue weighted by atomic mass is 9.93. The third-order valence-electron chi connectivity index (χ3n) is 8.38. The second-order valence-electron chi connectivity index (χ2n) is 12.2. The van der Waals surface area contributed by atoms with Gasteiger partial charge in [-0.3, -0.25) is 9.72 Å². The zero-order valence-electron chi connectivity index (χ0n) is 26.9. The van der Waals surface area contributed by atoms with Crippen molar-refractivity contribution < 1.29 is 18.9 Å². The van der Waals surface area contributed by atoms with E-state index in [1.54, 1.807) is 24.0 Å². The number of nitrogens with one attached hydrogen (secondary N) is 1. The number of pyridine rings is 2. The molecule has 1 aliphatic carbocycles. The Bertz CT molecular complexity index is 1650. The number of aromatic nitrogens is 6. The Morgan fingerprint density at radius 2 is 1.80 bits per heavy atom. The highest BCUT2D eigenvalue weighted by molar-refractivity contribution is 5.87. The fourth-order valence-corrected chi connectivity index (χ4v) is 6.00. The van der Waals surface area contributed by atoms with Crippen molar-refractivity contribution in [2.24, 2.45) is 7.05 Å². The van der Waals surface area contributed by atoms with Crippen LogP contribution in [-0.2, 0) is 18.3 Å². The average Bonchev–Trinajstić information content (AvgIpc) is 3.45. The summed E-state index contributed by atoms with van der Waals surface area (Å²) in [4.78, 5) is 27.3. The van der Waals surface area contributed by atoms with E-state index in [0.717, 1.165) is 73.3 Å². The molecule has 2 fully saturated rings. The summed E-state index contributed by atoms with van der Waals surface area (Å²) in [5.74, 6) is 2.79. The number of fused-ring (bicyclic) bond motifs is 1. The SMILES string of the molecule is C=[N+]([O-])c1ncc(C(C)Oc2cnc3cc(N4CCOCC4)nc(OC4CCC(Nc5ncc(CN(C)C)cn5)CC4)c3c2)n1C. The molecule has 4 aromatic heterocycles. The van der Waals surface area contributed by atoms with Crippen LogP contribution in [-0.4, -0.2) is 98.4 Å². The van der Waals surface area contributed by atoms with E-state index in [9.17, 15) is 5.21 Å². The van der Waals surface area contributed by atoms with E-state index < -0.39 is 6.10 Å². The van der Waals surface area contributed by atoms with Gasteiger partial charge in [-0.25, -0.2) is 14.5 Å². The van der Waals surface area contributed by atoms with Crippen LogP contribution in [0.1, 0.15) is 50.0 Å². The molecule has 0 aromatic carbocycles. The summed E-state index contributed by atoms with van der Waals surface area (Å²) in [5.41, 5.74) is 2.59. The molecule has 1 N–H and O–H groups in total. The molecule has 244 valence electrons. The number of hydrogen-bond acceptors (Lipinski definition) is 12. The Hall–Kier alpha value is -4.56. The van der Waals surface area contributed by atoms with E-state index in [2.05, 4.69) is 36.8 Å². The zero-order valence-corrected chi connectivity index (χ0v) is 26.9. The van der Waals surface area contributed by atoms with Crippen molar-refractivity contribution in [1.82, 2.24) is 34.4 Å². The summed E-state index contributed by atoms with van der Waals surface area (Å²) < 4.78 is 20.6. The van der Waals surface area contributed by atoms with Gasteiger partial charge in [0, 0.05) is 56.4 Å². The van der Waals surface area contributed by atoms with Crippen molar-refractivity contribution in [3.8, 4) is 11.6 Å². The van der Waals surface area contributed by atoms with E-state index in [-0.39, 0.29) is 18.1 Å². The van der Waals surface area contributed by atoms with Gasteiger partial charge in [0.2, 0.25) is 11.8 Å². The maximum Gasteiger partial charge on any atom is 0.398 e. The first kappa shape index (κ1) is 31.4. The number of imidazole rings is 1. The number of anilines is 2. The highest BCUT2D eigenvalue weighted by atomic mass is 16.5. The largest absolute Gasteiger partial charge is 0.741 e. The molecule has 0 radical (unpaired) electrons. The van der Waals surface area contributed by atoms with Gasteiger partial charge in [0.25, 0.3) is 0 Å². The lowest BCUT2D eigenvalue weighted by Crippen LogP contribution is -2.37. The third kappa shape index (κ3) is 7.29. The van der Waals surface area contributed by atoms with E-state index in [1.165, 1.54) is 0 Å². The molecule has 6 rings (SSSR count). The molecule has 2 aliphatic rings. The normalized spacial score (nSPS) is 19.3. The van der Waals surface area contributed by atoms with Crippen LogP contribution in [0, 0.1) is 5.21 Å². The van der Waals surface area contributed by atoms with Crippen molar-refractivity contribution in [1.29, 1.82) is 0 Å². The minimum Gasteiger partial charge on any atom is -0.741 e. The summed E-state index contributed by atoms with van der Waals surface area (Å²) in [6.07, 6.45) is 10.3. The second-order valence-corrected chi connectivity index (χ2v) is 12.2. The number of ether oxygens (including phenoxy) is 3. The molecule has 0 bridgehead atoms. The molecule has 1 atom stereocenters. The second kappa shape index (κ2) is 13.8. The van der Waals surface area contributed by atoms with Gasteiger partial charge in [-0.2, -0.15) is 4.98 Å². The molecule has 46 heavy (non-hydrogen) atoms. The number of nitrogens with zero attached hydrogens (tertiary/aromatic N) is 9. The molecule has 4 aromatic rings. The summed E-state index contributed by atoms with van der Waals surface area (Å²) in [6, 6.07) is 4.19. The quantitative estimate of drug-likeness (QED) is 0.111. The first-order chi connectivity index (χ1) is 22.2. The Morgan fingerprint density at radius 1 is 1.07 bits per heavy atom. The molecule has 1 unspecified atom stereocenters. The summed E-state index contributed by atoms with van der Waals surface area (Å²) in [7, 11) is 5.82. The van der Waals surface area contributed by atoms with Crippen LogP contribution in [0.2, 0.25) is 0 Å². The minimum absolute atomic E-state index is 0.00567. The maximum atomic E-state index is 11.7. The standard InChI is InChI=1S/C32H42N10O4/c1-21(28-19-36-32(40(28)4)41(5)43)45-25-14-26-27(33-18-25)15-29(42-10-12-44-13-11-42)38-30(26)46-24-8-6-23(7-9-24)37-31-34-16-22(17-35-31)20-39(2)3/h14-19,21,23-24H,5-13,20H2,1-4H3,(H,34,35,37). The molecule has 0 amide bonds. The molecular weight excluding hydrogens is 588 g/mol. The van der Waals surface area contributed by atoms with Crippen LogP contribution in [0.25, 0.3) is 10.9 Å². The van der Waals surface area contributed by atoms with Crippen molar-refractivity contribution >= 4 is 35.3 Å². The van der Waals surface area contributed by atoms with Crippen molar-refractivity contribution in [3.05, 3.63) is 53.4 Å². The predicted octanol–water partition coefficient (Wildman–Crippen LogP) is 3.84. The maximum absolute atomic E-state index is 11.7. The Labute approximate surface area is 268 Å². The molecule has 14 heteroatoms. The first-order valence-corrected chi connectivity index (χ1v) is 15.7. The van der Waals surface area contributed by atoms with E-state index >= 15 is 0 Å². The highest BCUT2D eigenvalue weighted by Crippen LogP contribution is 2.34. The first-order valence-electron chi connectivity index (χ1n) is 15.7. The Morgan fingerprint density at radius 3 is 2.48 bits per heavy atom. The van der Waals surface area contributed by atoms with Gasteiger partial charge in [-0.05, 0) is 52.8 Å². The van der Waals surface area contributed by atoms with Crippen LogP contribution in [0.15, 0.2) is 36.9 Å². The van der Waals surface area contributed by atoms with Crippen LogP contribution < -0.4 is 19.7 Å². The fraction of sp³-hybridized carbons (Fsp3) is 0.500. The smallest absolute Gasteiger partial charge is 0.398 e. The lowest BCUT2D eigenvalue weighted by Gasteiger charge is -2.31. The van der Waals surface area contributed by atoms with Gasteiger partial charge < -0.3 is 34.5 Å². The van der Waals surface area contributed by atoms with Gasteiger partial charge in [-0.15, -0.1) is 0 Å². The fourth-order valence-electron chi connectivity index (χ4n) is 6.00. The van der Waals surface area contributed by atoms with Crippen molar-refractivity contribution in [3.63, 3.8) is 0 Å². The molecule has 1 aliphatic heterocycles. The topological polar surface area (TPSA) is 142 Å². The van der Waals surface area contributed by atoms with E-state index in [1.807, 2.05) is 45.5 Å². The van der Waals surface area contributed by atoms with Gasteiger partial charge in [0.05, 0.1) is 37.4 Å². The highest BCUT2D eigenvalue weighted by Gasteiger charge is 2.26. The number of hydrogen-bond donors (Lipinski definition) is 1. The van der Waals surface area contributed by atoms with Gasteiger partial charge in [0.15, 0.2) is 11.8 Å². The lowest BCUT2D eigenvalue weighted by molar-refractivity contribution is -0.362. The molecular formula is C32H42N10O4. The molecule has 1 saturated heterocycles. The summed E-state index contributed by atoms with van der Waals surface area (Å²) >= 11 is 0. The third-order valence-corrected chi connectivity index (χ3v) is 8.38. The number of rotatable bonds is 11. The van der Waals surface area contributed by atoms with Crippen LogP contribution in [0.4, 0.5) is 17.7 Å².